The second-order valence-corrected chi connectivity index (χ2v) is 8.05. The van der Waals surface area contributed by atoms with E-state index in [1.807, 2.05) is 0 Å². The van der Waals surface area contributed by atoms with Crippen molar-refractivity contribution < 1.29 is 32.2 Å². The number of hydrogen-bond acceptors (Lipinski definition) is 8. The van der Waals surface area contributed by atoms with E-state index in [1.54, 1.807) is 38.2 Å². The lowest BCUT2D eigenvalue weighted by Gasteiger charge is -2.11. The maximum atomic E-state index is 13.5. The number of nitrogens with two attached hydrogens (primary N) is 1. The third-order valence-electron chi connectivity index (χ3n) is 4.87. The van der Waals surface area contributed by atoms with Crippen LogP contribution in [0.3, 0.4) is 0 Å². The highest BCUT2D eigenvalue weighted by Crippen LogP contribution is 2.44. The Morgan fingerprint density at radius 1 is 1.21 bits per heavy atom. The number of fused-ring (bicyclic) bond motifs is 1. The van der Waals surface area contributed by atoms with Gasteiger partial charge in [-0.15, -0.1) is 8.78 Å². The molecule has 8 nitrogen and oxygen atoms in total. The van der Waals surface area contributed by atoms with Crippen molar-refractivity contribution in [3.05, 3.63) is 64.1 Å². The van der Waals surface area contributed by atoms with E-state index in [0.29, 0.717) is 39.7 Å². The van der Waals surface area contributed by atoms with Crippen LogP contribution in [0.15, 0.2) is 62.1 Å². The predicted octanol–water partition coefficient (Wildman–Crippen LogP) is 4.84. The van der Waals surface area contributed by atoms with E-state index in [2.05, 4.69) is 40.1 Å². The second kappa shape index (κ2) is 8.90. The fourth-order valence-electron chi connectivity index (χ4n) is 3.42. The minimum Gasteiger partial charge on any atom is -0.464 e. The van der Waals surface area contributed by atoms with Gasteiger partial charge in [-0.1, -0.05) is 22.0 Å². The van der Waals surface area contributed by atoms with Crippen molar-refractivity contribution in [3.63, 3.8) is 0 Å². The molecule has 0 aliphatic carbocycles. The van der Waals surface area contributed by atoms with Gasteiger partial charge in [0.2, 0.25) is 0 Å². The standard InChI is InChI=1S/C23H18BrF2N3O5/c1-11-29-20(12-4-7-18-19(8-12)34-23(25,26)33-18)21(32-11)15-9-13(24)5-6-14(15)17(28-2)10-16(27)22(30)31-3/h4-10H,27H2,1-3H3. The second-order valence-electron chi connectivity index (χ2n) is 7.13. The maximum Gasteiger partial charge on any atom is 0.586 e. The zero-order chi connectivity index (χ0) is 24.6. The fraction of sp³-hybridized carbons (Fsp3) is 0.174. The molecule has 0 spiro atoms. The van der Waals surface area contributed by atoms with Crippen molar-refractivity contribution in [1.29, 1.82) is 0 Å². The van der Waals surface area contributed by atoms with Gasteiger partial charge in [0.1, 0.15) is 11.4 Å². The lowest BCUT2D eigenvalue weighted by molar-refractivity contribution is -0.286. The SMILES string of the molecule is CN=C(C=C(N)C(=O)OC)c1ccc(Br)cc1-c1oc(C)nc1-c1ccc2c(c1)OC(F)(F)O2. The van der Waals surface area contributed by atoms with Gasteiger partial charge in [-0.3, -0.25) is 4.99 Å². The Balaban J connectivity index is 1.86. The number of oxazole rings is 1. The van der Waals surface area contributed by atoms with Crippen LogP contribution in [0.1, 0.15) is 11.5 Å². The molecule has 3 aromatic rings. The van der Waals surface area contributed by atoms with Crippen LogP contribution in [0.2, 0.25) is 0 Å². The largest absolute Gasteiger partial charge is 0.586 e. The Labute approximate surface area is 201 Å². The third kappa shape index (κ3) is 4.51. The van der Waals surface area contributed by atoms with Gasteiger partial charge >= 0.3 is 12.3 Å². The molecule has 0 amide bonds. The molecule has 0 saturated heterocycles. The minimum absolute atomic E-state index is 0.0810. The summed E-state index contributed by atoms with van der Waals surface area (Å²) in [5.41, 5.74) is 8.10. The summed E-state index contributed by atoms with van der Waals surface area (Å²) in [7, 11) is 2.77. The van der Waals surface area contributed by atoms with Crippen molar-refractivity contribution in [3.8, 4) is 34.1 Å². The van der Waals surface area contributed by atoms with Crippen molar-refractivity contribution in [2.24, 2.45) is 10.7 Å². The number of allylic oxidation sites excluding steroid dienone is 1. The third-order valence-corrected chi connectivity index (χ3v) is 5.36. The molecule has 0 fully saturated rings. The number of benzene rings is 2. The summed E-state index contributed by atoms with van der Waals surface area (Å²) in [5, 5.41) is 0. The molecule has 4 rings (SSSR count). The molecule has 2 N–H and O–H groups in total. The van der Waals surface area contributed by atoms with Crippen LogP contribution in [-0.4, -0.2) is 37.1 Å². The Morgan fingerprint density at radius 3 is 2.65 bits per heavy atom. The number of aromatic nitrogens is 1. The van der Waals surface area contributed by atoms with Gasteiger partial charge in [0.25, 0.3) is 0 Å². The number of rotatable bonds is 5. The molecular weight excluding hydrogens is 516 g/mol. The molecule has 1 aromatic heterocycles. The van der Waals surface area contributed by atoms with E-state index in [-0.39, 0.29) is 17.2 Å². The van der Waals surface area contributed by atoms with E-state index in [1.165, 1.54) is 25.3 Å². The number of hydrogen-bond donors (Lipinski definition) is 1. The van der Waals surface area contributed by atoms with Crippen LogP contribution >= 0.6 is 15.9 Å². The summed E-state index contributed by atoms with van der Waals surface area (Å²) >= 11 is 3.45. The van der Waals surface area contributed by atoms with Crippen LogP contribution < -0.4 is 15.2 Å². The number of aryl methyl sites for hydroxylation is 1. The van der Waals surface area contributed by atoms with Gasteiger partial charge in [0.15, 0.2) is 23.1 Å². The minimum atomic E-state index is -3.74. The van der Waals surface area contributed by atoms with Crippen LogP contribution in [0.4, 0.5) is 8.78 Å². The zero-order valence-electron chi connectivity index (χ0n) is 18.2. The first-order chi connectivity index (χ1) is 16.1. The molecule has 34 heavy (non-hydrogen) atoms. The normalized spacial score (nSPS) is 14.9. The molecule has 0 saturated carbocycles. The number of nitrogens with zero attached hydrogens (tertiary/aromatic N) is 2. The molecule has 176 valence electrons. The maximum absolute atomic E-state index is 13.5. The highest BCUT2D eigenvalue weighted by Gasteiger charge is 2.43. The average molecular weight is 534 g/mol. The van der Waals surface area contributed by atoms with Crippen LogP contribution in [0.25, 0.3) is 22.6 Å². The van der Waals surface area contributed by atoms with E-state index in [0.717, 1.165) is 4.47 Å². The smallest absolute Gasteiger partial charge is 0.464 e. The zero-order valence-corrected chi connectivity index (χ0v) is 19.8. The monoisotopic (exact) mass is 533 g/mol. The van der Waals surface area contributed by atoms with Gasteiger partial charge in [-0.25, -0.2) is 9.78 Å². The van der Waals surface area contributed by atoms with Gasteiger partial charge in [0.05, 0.1) is 12.8 Å². The Bertz CT molecular complexity index is 1350. The van der Waals surface area contributed by atoms with Gasteiger partial charge < -0.3 is 24.4 Å². The first-order valence-electron chi connectivity index (χ1n) is 9.82. The van der Waals surface area contributed by atoms with Gasteiger partial charge in [-0.05, 0) is 36.4 Å². The lowest BCUT2D eigenvalue weighted by Crippen LogP contribution is -2.25. The summed E-state index contributed by atoms with van der Waals surface area (Å²) < 4.78 is 47.3. The fourth-order valence-corrected chi connectivity index (χ4v) is 3.78. The van der Waals surface area contributed by atoms with Crippen molar-refractivity contribution >= 4 is 27.6 Å². The van der Waals surface area contributed by atoms with E-state index in [4.69, 9.17) is 10.2 Å². The van der Waals surface area contributed by atoms with Crippen molar-refractivity contribution in [2.45, 2.75) is 13.2 Å². The van der Waals surface area contributed by atoms with Gasteiger partial charge in [-0.2, -0.15) is 0 Å². The number of esters is 1. The number of carbonyl (C=O) groups is 1. The van der Waals surface area contributed by atoms with E-state index >= 15 is 0 Å². The van der Waals surface area contributed by atoms with E-state index < -0.39 is 12.3 Å². The molecule has 2 aromatic carbocycles. The highest BCUT2D eigenvalue weighted by atomic mass is 79.9. The van der Waals surface area contributed by atoms with Crippen LogP contribution in [0, 0.1) is 6.92 Å². The molecule has 0 radical (unpaired) electrons. The van der Waals surface area contributed by atoms with Crippen molar-refractivity contribution in [1.82, 2.24) is 4.98 Å². The Kier molecular flexibility index (Phi) is 6.13. The quantitative estimate of drug-likeness (QED) is 0.284. The molecule has 1 aliphatic heterocycles. The molecule has 2 heterocycles. The predicted molar refractivity (Wildman–Crippen MR) is 123 cm³/mol. The first kappa shape index (κ1) is 23.4. The molecule has 11 heteroatoms. The summed E-state index contributed by atoms with van der Waals surface area (Å²) in [6.45, 7) is 1.66. The average Bonchev–Trinajstić information content (AvgIpc) is 3.33. The van der Waals surface area contributed by atoms with Crippen LogP contribution in [0.5, 0.6) is 11.5 Å². The molecule has 0 atom stereocenters. The molecule has 1 aliphatic rings. The number of aliphatic imine (C=N–C) groups is 1. The number of carbonyl (C=O) groups excluding carboxylic acids is 1. The number of ether oxygens (including phenoxy) is 3. The lowest BCUT2D eigenvalue weighted by atomic mass is 9.97. The number of methoxy groups -OCH3 is 1. The first-order valence-corrected chi connectivity index (χ1v) is 10.6. The highest BCUT2D eigenvalue weighted by molar-refractivity contribution is 9.10. The molecule has 0 bridgehead atoms. The van der Waals surface area contributed by atoms with E-state index in [9.17, 15) is 13.6 Å². The number of halogens is 3. The topological polar surface area (TPSA) is 109 Å². The van der Waals surface area contributed by atoms with Crippen molar-refractivity contribution in [2.75, 3.05) is 14.2 Å². The summed E-state index contributed by atoms with van der Waals surface area (Å²) in [5.74, 6) is -0.201. The van der Waals surface area contributed by atoms with Gasteiger partial charge in [0, 0.05) is 35.1 Å². The summed E-state index contributed by atoms with van der Waals surface area (Å²) in [4.78, 5) is 20.5. The summed E-state index contributed by atoms with van der Waals surface area (Å²) in [6, 6.07) is 9.69. The molecular formula is C23H18BrF2N3O5. The molecule has 0 unspecified atom stereocenters. The summed E-state index contributed by atoms with van der Waals surface area (Å²) in [6.07, 6.45) is -2.34. The Morgan fingerprint density at radius 2 is 1.94 bits per heavy atom. The Hall–Kier alpha value is -3.73. The number of alkyl halides is 2. The van der Waals surface area contributed by atoms with Crippen LogP contribution in [-0.2, 0) is 9.53 Å².